The highest BCUT2D eigenvalue weighted by Gasteiger charge is 2.10. The number of amides is 2. The Morgan fingerprint density at radius 3 is 2.63 bits per heavy atom. The van der Waals surface area contributed by atoms with Crippen molar-refractivity contribution in [3.05, 3.63) is 77.4 Å². The molecule has 0 unspecified atom stereocenters. The van der Waals surface area contributed by atoms with Gasteiger partial charge in [-0.1, -0.05) is 29.8 Å². The van der Waals surface area contributed by atoms with E-state index in [0.29, 0.717) is 28.9 Å². The summed E-state index contributed by atoms with van der Waals surface area (Å²) in [6, 6.07) is 17.5. The van der Waals surface area contributed by atoms with Crippen molar-refractivity contribution in [2.24, 2.45) is 0 Å². The summed E-state index contributed by atoms with van der Waals surface area (Å²) in [6.45, 7) is 0.334. The van der Waals surface area contributed by atoms with Crippen LogP contribution in [0.5, 0.6) is 11.5 Å². The molecular weight excluding hydrogens is 366 g/mol. The quantitative estimate of drug-likeness (QED) is 0.630. The molecule has 1 heterocycles. The lowest BCUT2D eigenvalue weighted by molar-refractivity contribution is 0.261. The van der Waals surface area contributed by atoms with E-state index in [1.54, 1.807) is 49.7 Å². The third-order valence-electron chi connectivity index (χ3n) is 3.64. The summed E-state index contributed by atoms with van der Waals surface area (Å²) in [5.74, 6) is 1.57. The van der Waals surface area contributed by atoms with Crippen molar-refractivity contribution in [1.82, 2.24) is 4.98 Å². The Kier molecular flexibility index (Phi) is 6.12. The van der Waals surface area contributed by atoms with E-state index < -0.39 is 6.03 Å². The molecule has 0 aliphatic rings. The molecule has 0 bridgehead atoms. The van der Waals surface area contributed by atoms with Gasteiger partial charge in [-0.05, 0) is 48.0 Å². The first-order valence-corrected chi connectivity index (χ1v) is 8.56. The monoisotopic (exact) mass is 383 g/mol. The number of benzene rings is 2. The van der Waals surface area contributed by atoms with Crippen LogP contribution in [0.1, 0.15) is 5.56 Å². The molecule has 0 radical (unpaired) electrons. The molecule has 3 aromatic rings. The average molecular weight is 384 g/mol. The Hall–Kier alpha value is -3.25. The van der Waals surface area contributed by atoms with E-state index in [0.717, 1.165) is 11.3 Å². The molecule has 2 N–H and O–H groups in total. The Labute approximate surface area is 162 Å². The molecule has 0 atom stereocenters. The molecular formula is C20H18ClN3O3. The number of pyridine rings is 1. The van der Waals surface area contributed by atoms with Crippen molar-refractivity contribution in [2.45, 2.75) is 6.61 Å². The van der Waals surface area contributed by atoms with Crippen LogP contribution < -0.4 is 20.1 Å². The highest BCUT2D eigenvalue weighted by atomic mass is 35.5. The summed E-state index contributed by atoms with van der Waals surface area (Å²) < 4.78 is 10.9. The second-order valence-electron chi connectivity index (χ2n) is 5.58. The van der Waals surface area contributed by atoms with E-state index in [9.17, 15) is 4.79 Å². The number of aromatic nitrogens is 1. The summed E-state index contributed by atoms with van der Waals surface area (Å²) in [5, 5.41) is 5.92. The number of hydrogen-bond acceptors (Lipinski definition) is 4. The second kappa shape index (κ2) is 8.91. The number of urea groups is 1. The molecule has 0 aliphatic carbocycles. The lowest BCUT2D eigenvalue weighted by atomic mass is 10.2. The molecule has 27 heavy (non-hydrogen) atoms. The van der Waals surface area contributed by atoms with Gasteiger partial charge >= 0.3 is 6.03 Å². The summed E-state index contributed by atoms with van der Waals surface area (Å²) in [4.78, 5) is 16.4. The molecule has 0 fully saturated rings. The van der Waals surface area contributed by atoms with E-state index in [1.807, 2.05) is 24.3 Å². The Morgan fingerprint density at radius 2 is 1.89 bits per heavy atom. The number of hydrogen-bond donors (Lipinski definition) is 2. The Bertz CT molecular complexity index is 916. The fourth-order valence-electron chi connectivity index (χ4n) is 2.32. The van der Waals surface area contributed by atoms with Gasteiger partial charge in [0.05, 0.1) is 7.11 Å². The highest BCUT2D eigenvalue weighted by molar-refractivity contribution is 6.30. The van der Waals surface area contributed by atoms with Crippen molar-refractivity contribution in [3.8, 4) is 11.5 Å². The van der Waals surface area contributed by atoms with Gasteiger partial charge in [0.2, 0.25) is 0 Å². The van der Waals surface area contributed by atoms with Crippen molar-refractivity contribution < 1.29 is 14.3 Å². The van der Waals surface area contributed by atoms with E-state index >= 15 is 0 Å². The molecule has 3 rings (SSSR count). The van der Waals surface area contributed by atoms with Crippen LogP contribution in [0.15, 0.2) is 66.9 Å². The van der Waals surface area contributed by atoms with Gasteiger partial charge in [0.25, 0.3) is 0 Å². The SMILES string of the molecule is COc1ccc(COc2cccnc2NC(=O)Nc2cccc(Cl)c2)cc1. The van der Waals surface area contributed by atoms with Gasteiger partial charge in [-0.2, -0.15) is 0 Å². The number of halogens is 1. The Balaban J connectivity index is 1.63. The number of ether oxygens (including phenoxy) is 2. The van der Waals surface area contributed by atoms with Crippen LogP contribution in [0.3, 0.4) is 0 Å². The highest BCUT2D eigenvalue weighted by Crippen LogP contribution is 2.23. The maximum absolute atomic E-state index is 12.2. The summed E-state index contributed by atoms with van der Waals surface area (Å²) in [7, 11) is 1.62. The van der Waals surface area contributed by atoms with Crippen LogP contribution in [0.4, 0.5) is 16.3 Å². The van der Waals surface area contributed by atoms with Crippen LogP contribution in [-0.4, -0.2) is 18.1 Å². The molecule has 0 saturated carbocycles. The van der Waals surface area contributed by atoms with Gasteiger partial charge in [-0.25, -0.2) is 9.78 Å². The minimum absolute atomic E-state index is 0.325. The fraction of sp³-hybridized carbons (Fsp3) is 0.100. The molecule has 0 spiro atoms. The predicted molar refractivity (Wildman–Crippen MR) is 106 cm³/mol. The van der Waals surface area contributed by atoms with Crippen LogP contribution in [0.2, 0.25) is 5.02 Å². The topological polar surface area (TPSA) is 72.5 Å². The number of anilines is 2. The van der Waals surface area contributed by atoms with E-state index in [4.69, 9.17) is 21.1 Å². The predicted octanol–water partition coefficient (Wildman–Crippen LogP) is 4.97. The zero-order valence-electron chi connectivity index (χ0n) is 14.6. The molecule has 6 nitrogen and oxygen atoms in total. The maximum Gasteiger partial charge on any atom is 0.324 e. The number of methoxy groups -OCH3 is 1. The Morgan fingerprint density at radius 1 is 1.07 bits per heavy atom. The van der Waals surface area contributed by atoms with Crippen molar-refractivity contribution in [3.63, 3.8) is 0 Å². The lowest BCUT2D eigenvalue weighted by Crippen LogP contribution is -2.20. The summed E-state index contributed by atoms with van der Waals surface area (Å²) in [5.41, 5.74) is 1.55. The number of nitrogens with zero attached hydrogens (tertiary/aromatic N) is 1. The van der Waals surface area contributed by atoms with Crippen LogP contribution in [-0.2, 0) is 6.61 Å². The first-order chi connectivity index (χ1) is 13.1. The molecule has 138 valence electrons. The normalized spacial score (nSPS) is 10.1. The number of carbonyl (C=O) groups is 1. The smallest absolute Gasteiger partial charge is 0.324 e. The third-order valence-corrected chi connectivity index (χ3v) is 3.87. The van der Waals surface area contributed by atoms with Gasteiger partial charge in [0.15, 0.2) is 11.6 Å². The molecule has 2 amide bonds. The van der Waals surface area contributed by atoms with Crippen molar-refractivity contribution in [2.75, 3.05) is 17.7 Å². The number of carbonyl (C=O) groups excluding carboxylic acids is 1. The second-order valence-corrected chi connectivity index (χ2v) is 6.01. The summed E-state index contributed by atoms with van der Waals surface area (Å²) >= 11 is 5.92. The fourth-order valence-corrected chi connectivity index (χ4v) is 2.51. The zero-order valence-corrected chi connectivity index (χ0v) is 15.4. The van der Waals surface area contributed by atoms with Gasteiger partial charge in [-0.3, -0.25) is 5.32 Å². The van der Waals surface area contributed by atoms with Gasteiger partial charge in [0, 0.05) is 16.9 Å². The lowest BCUT2D eigenvalue weighted by Gasteiger charge is -2.12. The average Bonchev–Trinajstić information content (AvgIpc) is 2.67. The van der Waals surface area contributed by atoms with Gasteiger partial charge < -0.3 is 14.8 Å². The van der Waals surface area contributed by atoms with Crippen molar-refractivity contribution in [1.29, 1.82) is 0 Å². The van der Waals surface area contributed by atoms with Crippen LogP contribution >= 0.6 is 11.6 Å². The maximum atomic E-state index is 12.2. The van der Waals surface area contributed by atoms with Gasteiger partial charge in [0.1, 0.15) is 12.4 Å². The van der Waals surface area contributed by atoms with Crippen LogP contribution in [0.25, 0.3) is 0 Å². The van der Waals surface area contributed by atoms with Crippen LogP contribution in [0, 0.1) is 0 Å². The first-order valence-electron chi connectivity index (χ1n) is 8.18. The number of rotatable bonds is 6. The first kappa shape index (κ1) is 18.5. The molecule has 1 aromatic heterocycles. The third kappa shape index (κ3) is 5.36. The minimum atomic E-state index is -0.440. The van der Waals surface area contributed by atoms with E-state index in [2.05, 4.69) is 15.6 Å². The van der Waals surface area contributed by atoms with Crippen molar-refractivity contribution >= 4 is 29.1 Å². The molecule has 0 aliphatic heterocycles. The molecule has 7 heteroatoms. The van der Waals surface area contributed by atoms with E-state index in [-0.39, 0.29) is 0 Å². The van der Waals surface area contributed by atoms with Gasteiger partial charge in [-0.15, -0.1) is 0 Å². The number of nitrogens with one attached hydrogen (secondary N) is 2. The molecule has 2 aromatic carbocycles. The zero-order chi connectivity index (χ0) is 19.1. The molecule has 0 saturated heterocycles. The van der Waals surface area contributed by atoms with E-state index in [1.165, 1.54) is 0 Å². The minimum Gasteiger partial charge on any atom is -0.497 e. The standard InChI is InChI=1S/C20H18ClN3O3/c1-26-17-9-7-14(8-10-17)13-27-18-6-3-11-22-19(18)24-20(25)23-16-5-2-4-15(21)12-16/h2-12H,13H2,1H3,(H2,22,23,24,25). The largest absolute Gasteiger partial charge is 0.497 e. The summed E-state index contributed by atoms with van der Waals surface area (Å²) in [6.07, 6.45) is 1.58.